The van der Waals surface area contributed by atoms with Gasteiger partial charge >= 0.3 is 0 Å². The lowest BCUT2D eigenvalue weighted by Crippen LogP contribution is -2.28. The van der Waals surface area contributed by atoms with Crippen molar-refractivity contribution in [2.75, 3.05) is 17.2 Å². The molecule has 1 aliphatic heterocycles. The van der Waals surface area contributed by atoms with E-state index in [0.29, 0.717) is 0 Å². The second kappa shape index (κ2) is 4.85. The zero-order valence-electron chi connectivity index (χ0n) is 10.3. The molecule has 0 aliphatic carbocycles. The molecule has 0 atom stereocenters. The summed E-state index contributed by atoms with van der Waals surface area (Å²) >= 11 is 2.22. The highest BCUT2D eigenvalue weighted by Crippen LogP contribution is 2.30. The van der Waals surface area contributed by atoms with Gasteiger partial charge in [0.1, 0.15) is 0 Å². The van der Waals surface area contributed by atoms with Gasteiger partial charge in [-0.25, -0.2) is 0 Å². The van der Waals surface area contributed by atoms with Crippen molar-refractivity contribution in [1.29, 1.82) is 0 Å². The first-order valence-corrected chi connectivity index (χ1v) is 7.19. The normalized spacial score (nSPS) is 13.4. The topological polar surface area (TPSA) is 46.3 Å². The monoisotopic (exact) mass is 364 g/mol. The Morgan fingerprint density at radius 2 is 2.05 bits per heavy atom. The van der Waals surface area contributed by atoms with Crippen molar-refractivity contribution in [3.63, 3.8) is 0 Å². The minimum absolute atomic E-state index is 0.0574. The summed E-state index contributed by atoms with van der Waals surface area (Å²) in [6, 6.07) is 13.4. The van der Waals surface area contributed by atoms with Gasteiger partial charge in [0.2, 0.25) is 0 Å². The van der Waals surface area contributed by atoms with Crippen molar-refractivity contribution < 1.29 is 4.79 Å². The highest BCUT2D eigenvalue weighted by atomic mass is 127. The predicted octanol–water partition coefficient (Wildman–Crippen LogP) is 3.08. The Balaban J connectivity index is 1.95. The average molecular weight is 364 g/mol. The van der Waals surface area contributed by atoms with Crippen LogP contribution in [-0.4, -0.2) is 12.5 Å². The summed E-state index contributed by atoms with van der Waals surface area (Å²) in [5.74, 6) is 0.0574. The molecular weight excluding hydrogens is 351 g/mol. The molecule has 1 heterocycles. The number of nitrogens with zero attached hydrogens (tertiary/aromatic N) is 1. The van der Waals surface area contributed by atoms with Crippen LogP contribution in [0.5, 0.6) is 0 Å². The van der Waals surface area contributed by atoms with E-state index in [1.165, 1.54) is 0 Å². The number of fused-ring (bicyclic) bond motifs is 1. The first-order valence-electron chi connectivity index (χ1n) is 6.11. The molecule has 0 radical (unpaired) electrons. The number of hydrogen-bond acceptors (Lipinski definition) is 2. The second-order valence-corrected chi connectivity index (χ2v) is 5.85. The number of carbonyl (C=O) groups is 1. The molecule has 96 valence electrons. The molecule has 1 aliphatic rings. The minimum Gasteiger partial charge on any atom is -0.399 e. The number of rotatable bonds is 1. The molecule has 0 spiro atoms. The number of benzene rings is 2. The van der Waals surface area contributed by atoms with Gasteiger partial charge in [-0.2, -0.15) is 0 Å². The van der Waals surface area contributed by atoms with Crippen LogP contribution in [0.25, 0.3) is 0 Å². The third-order valence-corrected chi connectivity index (χ3v) is 3.99. The average Bonchev–Trinajstić information content (AvgIpc) is 2.80. The maximum absolute atomic E-state index is 12.5. The van der Waals surface area contributed by atoms with Crippen LogP contribution in [0.1, 0.15) is 15.9 Å². The van der Waals surface area contributed by atoms with Crippen molar-refractivity contribution >= 4 is 39.9 Å². The van der Waals surface area contributed by atoms with Crippen LogP contribution in [0.3, 0.4) is 0 Å². The molecule has 2 aromatic rings. The third-order valence-electron chi connectivity index (χ3n) is 3.32. The Bertz CT molecular complexity index is 654. The van der Waals surface area contributed by atoms with Crippen LogP contribution in [0.2, 0.25) is 0 Å². The standard InChI is InChI=1S/C15H13IN2O/c16-12-3-1-2-11(8-12)15(19)18-7-6-10-9-13(17)4-5-14(10)18/h1-5,8-9H,6-7,17H2. The lowest BCUT2D eigenvalue weighted by Gasteiger charge is -2.17. The third kappa shape index (κ3) is 2.32. The Morgan fingerprint density at radius 3 is 2.84 bits per heavy atom. The van der Waals surface area contributed by atoms with E-state index in [1.54, 1.807) is 0 Å². The quantitative estimate of drug-likeness (QED) is 0.625. The van der Waals surface area contributed by atoms with Crippen LogP contribution >= 0.6 is 22.6 Å². The van der Waals surface area contributed by atoms with E-state index in [2.05, 4.69) is 22.6 Å². The number of anilines is 2. The van der Waals surface area contributed by atoms with E-state index in [-0.39, 0.29) is 5.91 Å². The van der Waals surface area contributed by atoms with Gasteiger partial charge in [-0.3, -0.25) is 4.79 Å². The van der Waals surface area contributed by atoms with Crippen LogP contribution in [-0.2, 0) is 6.42 Å². The summed E-state index contributed by atoms with van der Waals surface area (Å²) < 4.78 is 1.07. The minimum atomic E-state index is 0.0574. The summed E-state index contributed by atoms with van der Waals surface area (Å²) in [6.45, 7) is 0.725. The van der Waals surface area contributed by atoms with E-state index in [1.807, 2.05) is 47.4 Å². The fourth-order valence-electron chi connectivity index (χ4n) is 2.41. The van der Waals surface area contributed by atoms with Gasteiger partial charge < -0.3 is 10.6 Å². The molecule has 0 bridgehead atoms. The Kier molecular flexibility index (Phi) is 3.18. The van der Waals surface area contributed by atoms with Gasteiger partial charge in [0.05, 0.1) is 0 Å². The number of nitrogens with two attached hydrogens (primary N) is 1. The molecule has 1 amide bonds. The van der Waals surface area contributed by atoms with Crippen LogP contribution in [0, 0.1) is 3.57 Å². The molecule has 4 heteroatoms. The lowest BCUT2D eigenvalue weighted by molar-refractivity contribution is 0.0989. The van der Waals surface area contributed by atoms with Crippen molar-refractivity contribution in [2.45, 2.75) is 6.42 Å². The zero-order valence-corrected chi connectivity index (χ0v) is 12.4. The van der Waals surface area contributed by atoms with Crippen molar-refractivity contribution in [3.8, 4) is 0 Å². The molecule has 0 saturated heterocycles. The molecule has 0 unspecified atom stereocenters. The summed E-state index contributed by atoms with van der Waals surface area (Å²) in [6.07, 6.45) is 0.871. The molecule has 0 aromatic heterocycles. The van der Waals surface area contributed by atoms with Gasteiger partial charge in [-0.15, -0.1) is 0 Å². The number of halogens is 1. The second-order valence-electron chi connectivity index (χ2n) is 4.61. The molecular formula is C15H13IN2O. The fourth-order valence-corrected chi connectivity index (χ4v) is 2.95. The molecule has 0 saturated carbocycles. The maximum Gasteiger partial charge on any atom is 0.258 e. The predicted molar refractivity (Wildman–Crippen MR) is 85.4 cm³/mol. The number of amides is 1. The van der Waals surface area contributed by atoms with Crippen LogP contribution in [0.15, 0.2) is 42.5 Å². The van der Waals surface area contributed by atoms with E-state index >= 15 is 0 Å². The van der Waals surface area contributed by atoms with Crippen molar-refractivity contribution in [3.05, 3.63) is 57.2 Å². The first-order chi connectivity index (χ1) is 9.15. The largest absolute Gasteiger partial charge is 0.399 e. The molecule has 2 aromatic carbocycles. The van der Waals surface area contributed by atoms with Gasteiger partial charge in [0.25, 0.3) is 5.91 Å². The van der Waals surface area contributed by atoms with Gasteiger partial charge in [-0.1, -0.05) is 6.07 Å². The summed E-state index contributed by atoms with van der Waals surface area (Å²) in [5, 5.41) is 0. The van der Waals surface area contributed by atoms with Crippen LogP contribution < -0.4 is 10.6 Å². The fraction of sp³-hybridized carbons (Fsp3) is 0.133. The Labute approximate surface area is 125 Å². The first kappa shape index (κ1) is 12.5. The molecule has 3 rings (SSSR count). The number of hydrogen-bond donors (Lipinski definition) is 1. The van der Waals surface area contributed by atoms with E-state index in [4.69, 9.17) is 5.73 Å². The van der Waals surface area contributed by atoms with E-state index in [9.17, 15) is 4.79 Å². The number of carbonyl (C=O) groups excluding carboxylic acids is 1. The Morgan fingerprint density at radius 1 is 1.21 bits per heavy atom. The molecule has 0 fully saturated rings. The van der Waals surface area contributed by atoms with E-state index < -0.39 is 0 Å². The van der Waals surface area contributed by atoms with Gasteiger partial charge in [0.15, 0.2) is 0 Å². The summed E-state index contributed by atoms with van der Waals surface area (Å²) in [7, 11) is 0. The maximum atomic E-state index is 12.5. The van der Waals surface area contributed by atoms with Gasteiger partial charge in [0, 0.05) is 27.1 Å². The zero-order chi connectivity index (χ0) is 13.4. The van der Waals surface area contributed by atoms with Crippen molar-refractivity contribution in [1.82, 2.24) is 0 Å². The number of nitrogen functional groups attached to an aromatic ring is 1. The summed E-state index contributed by atoms with van der Waals surface area (Å²) in [4.78, 5) is 14.4. The Hall–Kier alpha value is -1.56. The van der Waals surface area contributed by atoms with Crippen molar-refractivity contribution in [2.24, 2.45) is 0 Å². The highest BCUT2D eigenvalue weighted by molar-refractivity contribution is 14.1. The van der Waals surface area contributed by atoms with Crippen LogP contribution in [0.4, 0.5) is 11.4 Å². The van der Waals surface area contributed by atoms with E-state index in [0.717, 1.165) is 39.0 Å². The molecule has 2 N–H and O–H groups in total. The molecule has 3 nitrogen and oxygen atoms in total. The SMILES string of the molecule is Nc1ccc2c(c1)CCN2C(=O)c1cccc(I)c1. The highest BCUT2D eigenvalue weighted by Gasteiger charge is 2.25. The summed E-state index contributed by atoms with van der Waals surface area (Å²) in [5.41, 5.74) is 9.40. The smallest absolute Gasteiger partial charge is 0.258 e. The molecule has 19 heavy (non-hydrogen) atoms. The lowest BCUT2D eigenvalue weighted by atomic mass is 10.1. The van der Waals surface area contributed by atoms with Gasteiger partial charge in [-0.05, 0) is 71.0 Å².